The van der Waals surface area contributed by atoms with Crippen LogP contribution in [0.4, 0.5) is 0 Å². The van der Waals surface area contributed by atoms with Gasteiger partial charge in [-0.1, -0.05) is 43.7 Å². The van der Waals surface area contributed by atoms with Crippen molar-refractivity contribution in [1.29, 1.82) is 0 Å². The van der Waals surface area contributed by atoms with Gasteiger partial charge in [-0.3, -0.25) is 4.79 Å². The largest absolute Gasteiger partial charge is 0.463 e. The number of rotatable bonds is 16. The van der Waals surface area contributed by atoms with Crippen molar-refractivity contribution in [2.24, 2.45) is 28.6 Å². The van der Waals surface area contributed by atoms with E-state index >= 15 is 0 Å². The van der Waals surface area contributed by atoms with Gasteiger partial charge in [-0.05, 0) is 102 Å². The summed E-state index contributed by atoms with van der Waals surface area (Å²) < 4.78 is 80.6. The smallest absolute Gasteiger partial charge is 0.338 e. The van der Waals surface area contributed by atoms with Crippen molar-refractivity contribution >= 4 is 11.9 Å². The molecule has 78 heavy (non-hydrogen) atoms. The summed E-state index contributed by atoms with van der Waals surface area (Å²) in [5, 5.41) is 65.6. The molecule has 0 spiro atoms. The average molecular weight is 1110 g/mol. The number of ether oxygens (including phenoxy) is 13. The van der Waals surface area contributed by atoms with E-state index in [1.165, 1.54) is 19.6 Å². The molecular formula is C57H86O21. The van der Waals surface area contributed by atoms with Crippen molar-refractivity contribution in [1.82, 2.24) is 0 Å². The van der Waals surface area contributed by atoms with E-state index in [1.54, 1.807) is 33.3 Å². The van der Waals surface area contributed by atoms with Crippen LogP contribution >= 0.6 is 0 Å². The lowest BCUT2D eigenvalue weighted by molar-refractivity contribution is -0.373. The maximum atomic E-state index is 13.9. The maximum absolute atomic E-state index is 13.9. The Morgan fingerprint density at radius 2 is 1.32 bits per heavy atom. The minimum atomic E-state index is -1.67. The summed E-state index contributed by atoms with van der Waals surface area (Å²) in [7, 11) is 4.56. The molecule has 4 heterocycles. The van der Waals surface area contributed by atoms with Gasteiger partial charge in [0.15, 0.2) is 25.2 Å². The minimum Gasteiger partial charge on any atom is -0.463 e. The van der Waals surface area contributed by atoms with Crippen LogP contribution in [0.2, 0.25) is 0 Å². The zero-order valence-corrected chi connectivity index (χ0v) is 46.7. The number of benzene rings is 1. The van der Waals surface area contributed by atoms with Crippen LogP contribution in [0, 0.1) is 28.6 Å². The van der Waals surface area contributed by atoms with Gasteiger partial charge in [-0.25, -0.2) is 4.79 Å². The first-order valence-electron chi connectivity index (χ1n) is 28.1. The summed E-state index contributed by atoms with van der Waals surface area (Å²) in [5.41, 5.74) is -0.617. The Morgan fingerprint density at radius 3 is 1.95 bits per heavy atom. The normalized spacial score (nSPS) is 47.9. The van der Waals surface area contributed by atoms with Gasteiger partial charge in [0.2, 0.25) is 0 Å². The Kier molecular flexibility index (Phi) is 18.6. The molecule has 21 heteroatoms. The number of hydrogen-bond acceptors (Lipinski definition) is 21. The summed E-state index contributed by atoms with van der Waals surface area (Å²) in [5.74, 6) is -1.11. The molecule has 0 bridgehead atoms. The zero-order valence-electron chi connectivity index (χ0n) is 46.7. The third-order valence-corrected chi connectivity index (χ3v) is 19.5. The molecule has 21 nitrogen and oxygen atoms in total. The Morgan fingerprint density at radius 1 is 0.705 bits per heavy atom. The number of aliphatic hydroxyl groups is 6. The van der Waals surface area contributed by atoms with Crippen LogP contribution in [0.3, 0.4) is 0 Å². The number of allylic oxidation sites excluding steroid dienone is 1. The van der Waals surface area contributed by atoms with E-state index in [-0.39, 0.29) is 41.7 Å². The molecule has 8 aliphatic rings. The number of esters is 2. The summed E-state index contributed by atoms with van der Waals surface area (Å²) in [4.78, 5) is 26.1. The van der Waals surface area contributed by atoms with E-state index < -0.39 is 146 Å². The second-order valence-electron chi connectivity index (χ2n) is 23.7. The number of carbonyl (C=O) groups excluding carboxylic acids is 2. The van der Waals surface area contributed by atoms with Crippen molar-refractivity contribution in [2.45, 2.75) is 241 Å². The molecule has 4 aliphatic heterocycles. The molecule has 4 saturated heterocycles. The van der Waals surface area contributed by atoms with Crippen LogP contribution in [0.25, 0.3) is 0 Å². The monoisotopic (exact) mass is 1110 g/mol. The van der Waals surface area contributed by atoms with Crippen LogP contribution < -0.4 is 0 Å². The Balaban J connectivity index is 0.809. The molecule has 1 aromatic rings. The van der Waals surface area contributed by atoms with E-state index in [2.05, 4.69) is 13.0 Å². The average Bonchev–Trinajstić information content (AvgIpc) is 3.95. The van der Waals surface area contributed by atoms with Crippen LogP contribution in [-0.2, 0) is 66.4 Å². The van der Waals surface area contributed by atoms with Crippen molar-refractivity contribution < 1.29 is 102 Å². The van der Waals surface area contributed by atoms with Crippen LogP contribution in [0.15, 0.2) is 42.0 Å². The third kappa shape index (κ3) is 11.1. The molecule has 0 amide bonds. The fraction of sp³-hybridized carbons (Fsp3) is 0.825. The molecule has 0 unspecified atom stereocenters. The first-order valence-corrected chi connectivity index (χ1v) is 28.1. The van der Waals surface area contributed by atoms with E-state index in [1.807, 2.05) is 45.9 Å². The molecule has 0 aromatic heterocycles. The summed E-state index contributed by atoms with van der Waals surface area (Å²) in [6.45, 7) is 12.4. The van der Waals surface area contributed by atoms with Gasteiger partial charge in [0.1, 0.15) is 67.1 Å². The summed E-state index contributed by atoms with van der Waals surface area (Å²) in [6, 6.07) is 8.95. The molecule has 9 rings (SSSR count). The van der Waals surface area contributed by atoms with Gasteiger partial charge in [0.05, 0.1) is 54.4 Å². The lowest BCUT2D eigenvalue weighted by Crippen LogP contribution is -2.67. The van der Waals surface area contributed by atoms with Gasteiger partial charge in [0.25, 0.3) is 0 Å². The molecule has 0 radical (unpaired) electrons. The lowest BCUT2D eigenvalue weighted by atomic mass is 9.44. The fourth-order valence-electron chi connectivity index (χ4n) is 15.2. The minimum absolute atomic E-state index is 0.0153. The maximum Gasteiger partial charge on any atom is 0.338 e. The molecule has 7 fully saturated rings. The number of aliphatic hydroxyl groups excluding tert-OH is 5. The van der Waals surface area contributed by atoms with Crippen molar-refractivity contribution in [3.63, 3.8) is 0 Å². The molecule has 4 aliphatic carbocycles. The predicted octanol–water partition coefficient (Wildman–Crippen LogP) is 3.23. The van der Waals surface area contributed by atoms with Crippen molar-refractivity contribution in [2.75, 3.05) is 27.9 Å². The number of fused-ring (bicyclic) bond motifs is 5. The molecular weight excluding hydrogens is 1020 g/mol. The quantitative estimate of drug-likeness (QED) is 0.102. The van der Waals surface area contributed by atoms with Crippen LogP contribution in [-0.4, -0.2) is 205 Å². The molecule has 27 atom stereocenters. The van der Waals surface area contributed by atoms with Gasteiger partial charge in [-0.2, -0.15) is 0 Å². The van der Waals surface area contributed by atoms with E-state index in [9.17, 15) is 40.2 Å². The highest BCUT2D eigenvalue weighted by Crippen LogP contribution is 2.69. The SMILES string of the molecule is CO[C@@H]1[C@@H](O)[C@H](O[C@H]2[C@@H](OC)C[C@H](O[C@H]3[C@@H](OC)C[C@H](O[C@H]4CC[C@@]5(C)C(=CC[C@@H]6[C@@H]5C[C@@H](OC(=O)c5ccccc5)[C@]5(C)[C@@H]([C@@H](C)OC(C)=O)CC[C@]65O)C4)O[C@@H]3C)O[C@@H]2C)O[C@H](C)[C@@H]1O[C@@H]1O[C@H](CO)[C@@H](O)[C@H](O)[C@H]1O. The molecule has 3 saturated carbocycles. The summed E-state index contributed by atoms with van der Waals surface area (Å²) in [6.07, 6.45) is -11.5. The number of carbonyl (C=O) groups is 2. The Bertz CT molecular complexity index is 2220. The Hall–Kier alpha value is -2.78. The van der Waals surface area contributed by atoms with Crippen molar-refractivity contribution in [3.8, 4) is 0 Å². The van der Waals surface area contributed by atoms with Crippen molar-refractivity contribution in [3.05, 3.63) is 47.5 Å². The molecule has 440 valence electrons. The van der Waals surface area contributed by atoms with Crippen LogP contribution in [0.1, 0.15) is 117 Å². The third-order valence-electron chi connectivity index (χ3n) is 19.5. The highest BCUT2D eigenvalue weighted by Gasteiger charge is 2.72. The van der Waals surface area contributed by atoms with Gasteiger partial charge in [0, 0.05) is 52.4 Å². The highest BCUT2D eigenvalue weighted by atomic mass is 16.8. The van der Waals surface area contributed by atoms with Gasteiger partial charge < -0.3 is 92.2 Å². The second kappa shape index (κ2) is 24.2. The van der Waals surface area contributed by atoms with Crippen LogP contribution in [0.5, 0.6) is 0 Å². The van der Waals surface area contributed by atoms with E-state index in [0.29, 0.717) is 44.1 Å². The highest BCUT2D eigenvalue weighted by molar-refractivity contribution is 5.89. The zero-order chi connectivity index (χ0) is 56.2. The fourth-order valence-corrected chi connectivity index (χ4v) is 15.2. The topological polar surface area (TPSA) is 276 Å². The number of methoxy groups -OCH3 is 3. The Labute approximate surface area is 457 Å². The summed E-state index contributed by atoms with van der Waals surface area (Å²) >= 11 is 0. The number of hydrogen-bond donors (Lipinski definition) is 6. The van der Waals surface area contributed by atoms with Gasteiger partial charge >= 0.3 is 11.9 Å². The first-order chi connectivity index (χ1) is 37.1. The molecule has 1 aromatic carbocycles. The lowest BCUT2D eigenvalue weighted by Gasteiger charge is -2.63. The molecule has 6 N–H and O–H groups in total. The van der Waals surface area contributed by atoms with E-state index in [4.69, 9.17) is 61.6 Å². The predicted molar refractivity (Wildman–Crippen MR) is 273 cm³/mol. The van der Waals surface area contributed by atoms with E-state index in [0.717, 1.165) is 12.8 Å². The first kappa shape index (κ1) is 59.8. The second-order valence-corrected chi connectivity index (χ2v) is 23.7. The van der Waals surface area contributed by atoms with Gasteiger partial charge in [-0.15, -0.1) is 0 Å². The standard InChI is InChI=1S/C57H86O21/c1-27(69-31(5)59)35-19-21-57(65)36-17-16-33-22-34(18-20-55(33,6)37(36)23-41(56(35,57)7)75-52(64)32-14-12-11-13-15-32)73-42-24-38(66-8)48(28(2)70-42)76-43-25-39(67-9)49(29(3)71-43)77-54-47(63)51(68-10)50(30(4)72-54)78-53-46(62)45(61)44(60)40(26-58)74-53/h11-16,27-30,34-51,53-54,58,60-63,65H,17-26H2,1-10H3/t27-,28-,29-,30-,34+,35-,36-,37+,38+,39+,40-,41-,42+,43+,44-,45+,46-,47-,48-,49-,50+,51-,53+,54+,55+,56+,57+/m1/s1.